The lowest BCUT2D eigenvalue weighted by Gasteiger charge is -2.19. The molecule has 1 aromatic rings. The first-order valence-corrected chi connectivity index (χ1v) is 6.98. The zero-order chi connectivity index (χ0) is 12.7. The number of benzene rings is 1. The third-order valence-corrected chi connectivity index (χ3v) is 4.30. The van der Waals surface area contributed by atoms with Crippen molar-refractivity contribution < 1.29 is 9.53 Å². The molecule has 2 heterocycles. The van der Waals surface area contributed by atoms with Crippen molar-refractivity contribution in [2.45, 2.75) is 25.2 Å². The molecular formula is C14H15NO2S. The van der Waals surface area contributed by atoms with Crippen LogP contribution in [0.3, 0.4) is 0 Å². The predicted molar refractivity (Wildman–Crippen MR) is 73.3 cm³/mol. The van der Waals surface area contributed by atoms with Gasteiger partial charge in [0, 0.05) is 29.5 Å². The number of nitrogens with zero attached hydrogens (tertiary/aromatic N) is 1. The van der Waals surface area contributed by atoms with Crippen LogP contribution < -0.4 is 9.64 Å². The summed E-state index contributed by atoms with van der Waals surface area (Å²) in [5.41, 5.74) is 2.53. The van der Waals surface area contributed by atoms with Gasteiger partial charge in [-0.25, -0.2) is 0 Å². The van der Waals surface area contributed by atoms with Gasteiger partial charge in [-0.2, -0.15) is 0 Å². The Bertz CT molecular complexity index is 551. The minimum absolute atomic E-state index is 0.0941. The Hall–Kier alpha value is -1.42. The first kappa shape index (κ1) is 11.7. The molecule has 0 spiro atoms. The first-order chi connectivity index (χ1) is 8.70. The maximum Gasteiger partial charge on any atom is 0.155 e. The quantitative estimate of drug-likeness (QED) is 0.765. The molecule has 0 saturated carbocycles. The van der Waals surface area contributed by atoms with Crippen molar-refractivity contribution in [3.63, 3.8) is 0 Å². The minimum atomic E-state index is 0.0941. The number of hydrogen-bond donors (Lipinski definition) is 0. The Balaban J connectivity index is 2.11. The van der Waals surface area contributed by atoms with E-state index in [0.29, 0.717) is 0 Å². The second-order valence-corrected chi connectivity index (χ2v) is 5.49. The van der Waals surface area contributed by atoms with Crippen LogP contribution in [-0.2, 0) is 11.2 Å². The molecule has 3 rings (SSSR count). The molecule has 0 fully saturated rings. The van der Waals surface area contributed by atoms with Gasteiger partial charge in [0.2, 0.25) is 0 Å². The molecule has 0 atom stereocenters. The van der Waals surface area contributed by atoms with E-state index in [2.05, 4.69) is 17.9 Å². The van der Waals surface area contributed by atoms with E-state index < -0.39 is 0 Å². The third-order valence-electron chi connectivity index (χ3n) is 3.21. The maximum absolute atomic E-state index is 11.3. The van der Waals surface area contributed by atoms with E-state index in [1.54, 1.807) is 24.8 Å². The number of carbonyl (C=O) groups is 1. The molecule has 2 aliphatic heterocycles. The summed E-state index contributed by atoms with van der Waals surface area (Å²) in [6.45, 7) is 5.34. The second-order valence-electron chi connectivity index (χ2n) is 4.43. The van der Waals surface area contributed by atoms with Crippen LogP contribution in [0.1, 0.15) is 19.4 Å². The van der Waals surface area contributed by atoms with Crippen LogP contribution in [0.25, 0.3) is 0 Å². The molecule has 0 bridgehead atoms. The fraction of sp³-hybridized carbons (Fsp3) is 0.357. The van der Waals surface area contributed by atoms with Crippen molar-refractivity contribution in [3.05, 3.63) is 28.8 Å². The van der Waals surface area contributed by atoms with Gasteiger partial charge in [0.15, 0.2) is 5.78 Å². The van der Waals surface area contributed by atoms with E-state index in [1.807, 2.05) is 6.07 Å². The number of thioether (sulfide) groups is 1. The molecule has 1 aromatic carbocycles. The molecule has 0 aliphatic carbocycles. The lowest BCUT2D eigenvalue weighted by molar-refractivity contribution is -0.112. The number of hydrogen-bond acceptors (Lipinski definition) is 4. The molecule has 0 unspecified atom stereocenters. The number of carbonyl (C=O) groups excluding carboxylic acids is 1. The highest BCUT2D eigenvalue weighted by Crippen LogP contribution is 2.51. The van der Waals surface area contributed by atoms with Crippen molar-refractivity contribution in [1.82, 2.24) is 0 Å². The lowest BCUT2D eigenvalue weighted by atomic mass is 10.1. The van der Waals surface area contributed by atoms with Gasteiger partial charge >= 0.3 is 0 Å². The molecule has 2 aliphatic rings. The van der Waals surface area contributed by atoms with Crippen LogP contribution in [0.2, 0.25) is 0 Å². The molecule has 0 N–H and O–H groups in total. The number of allylic oxidation sites excluding steroid dienone is 1. The largest absolute Gasteiger partial charge is 0.493 e. The number of rotatable bonds is 2. The Morgan fingerprint density at radius 1 is 1.56 bits per heavy atom. The van der Waals surface area contributed by atoms with Crippen molar-refractivity contribution in [2.75, 3.05) is 18.1 Å². The van der Waals surface area contributed by atoms with Crippen molar-refractivity contribution >= 4 is 23.2 Å². The first-order valence-electron chi connectivity index (χ1n) is 6.17. The molecule has 3 nitrogen and oxygen atoms in total. The number of ketones is 1. The van der Waals surface area contributed by atoms with E-state index in [9.17, 15) is 4.79 Å². The van der Waals surface area contributed by atoms with Crippen LogP contribution >= 0.6 is 11.8 Å². The fourth-order valence-corrected chi connectivity index (χ4v) is 3.73. The van der Waals surface area contributed by atoms with Crippen LogP contribution in [0.4, 0.5) is 5.69 Å². The Morgan fingerprint density at radius 3 is 3.11 bits per heavy atom. The summed E-state index contributed by atoms with van der Waals surface area (Å²) in [4.78, 5) is 14.8. The normalized spacial score (nSPS) is 18.8. The highest BCUT2D eigenvalue weighted by molar-refractivity contribution is 8.03. The number of ether oxygens (including phenoxy) is 1. The summed E-state index contributed by atoms with van der Waals surface area (Å²) in [5, 5.41) is 1.03. The van der Waals surface area contributed by atoms with Crippen LogP contribution in [0.15, 0.2) is 28.1 Å². The van der Waals surface area contributed by atoms with E-state index >= 15 is 0 Å². The molecular weight excluding hydrogens is 246 g/mol. The summed E-state index contributed by atoms with van der Waals surface area (Å²) >= 11 is 1.67. The zero-order valence-electron chi connectivity index (χ0n) is 10.5. The molecule has 0 amide bonds. The monoisotopic (exact) mass is 261 g/mol. The van der Waals surface area contributed by atoms with Gasteiger partial charge in [-0.15, -0.1) is 0 Å². The standard InChI is InChI=1S/C14H15NO2S/c1-3-15-13(8-9(2)16)18-12-5-4-11-10(14(12)15)6-7-17-11/h4-5,8H,3,6-7H2,1-2H3. The van der Waals surface area contributed by atoms with E-state index in [1.165, 1.54) is 16.1 Å². The van der Waals surface area contributed by atoms with Gasteiger partial charge < -0.3 is 9.64 Å². The average molecular weight is 261 g/mol. The molecule has 0 radical (unpaired) electrons. The molecule has 18 heavy (non-hydrogen) atoms. The highest BCUT2D eigenvalue weighted by Gasteiger charge is 2.30. The van der Waals surface area contributed by atoms with E-state index in [0.717, 1.165) is 30.4 Å². The molecule has 4 heteroatoms. The Kier molecular flexibility index (Phi) is 2.82. The smallest absolute Gasteiger partial charge is 0.155 e. The van der Waals surface area contributed by atoms with E-state index in [4.69, 9.17) is 4.74 Å². The average Bonchev–Trinajstić information content (AvgIpc) is 2.89. The van der Waals surface area contributed by atoms with Crippen molar-refractivity contribution in [3.8, 4) is 5.75 Å². The predicted octanol–water partition coefficient (Wildman–Crippen LogP) is 2.98. The third kappa shape index (κ3) is 1.72. The summed E-state index contributed by atoms with van der Waals surface area (Å²) in [6, 6.07) is 4.13. The second kappa shape index (κ2) is 4.35. The summed E-state index contributed by atoms with van der Waals surface area (Å²) in [6.07, 6.45) is 2.68. The summed E-state index contributed by atoms with van der Waals surface area (Å²) < 4.78 is 5.61. The molecule has 0 saturated heterocycles. The van der Waals surface area contributed by atoms with Gasteiger partial charge in [-0.05, 0) is 26.0 Å². The van der Waals surface area contributed by atoms with Crippen molar-refractivity contribution in [1.29, 1.82) is 0 Å². The van der Waals surface area contributed by atoms with Gasteiger partial charge in [-0.3, -0.25) is 4.79 Å². The fourth-order valence-electron chi connectivity index (χ4n) is 2.49. The van der Waals surface area contributed by atoms with Gasteiger partial charge in [0.05, 0.1) is 17.3 Å². The van der Waals surface area contributed by atoms with Crippen molar-refractivity contribution in [2.24, 2.45) is 0 Å². The Morgan fingerprint density at radius 2 is 2.39 bits per heavy atom. The highest BCUT2D eigenvalue weighted by atomic mass is 32.2. The topological polar surface area (TPSA) is 29.5 Å². The van der Waals surface area contributed by atoms with Crippen LogP contribution in [0, 0.1) is 0 Å². The van der Waals surface area contributed by atoms with Crippen LogP contribution in [0.5, 0.6) is 5.75 Å². The Labute approximate surface area is 111 Å². The van der Waals surface area contributed by atoms with Gasteiger partial charge in [-0.1, -0.05) is 11.8 Å². The summed E-state index contributed by atoms with van der Waals surface area (Å²) in [7, 11) is 0. The number of anilines is 1. The number of fused-ring (bicyclic) bond motifs is 3. The zero-order valence-corrected chi connectivity index (χ0v) is 11.3. The minimum Gasteiger partial charge on any atom is -0.493 e. The lowest BCUT2D eigenvalue weighted by Crippen LogP contribution is -2.18. The van der Waals surface area contributed by atoms with E-state index in [-0.39, 0.29) is 5.78 Å². The maximum atomic E-state index is 11.3. The summed E-state index contributed by atoms with van der Waals surface area (Å²) in [5.74, 6) is 1.09. The molecule has 94 valence electrons. The SMILES string of the molecule is CCN1C(=CC(C)=O)Sc2ccc3c(c21)CCO3. The van der Waals surface area contributed by atoms with Gasteiger partial charge in [0.25, 0.3) is 0 Å². The molecule has 0 aromatic heterocycles. The van der Waals surface area contributed by atoms with Crippen LogP contribution in [-0.4, -0.2) is 18.9 Å². The van der Waals surface area contributed by atoms with Gasteiger partial charge in [0.1, 0.15) is 5.75 Å².